The average Bonchev–Trinajstić information content (AvgIpc) is 2.71. The number of aryl methyl sites for hydroxylation is 1. The van der Waals surface area contributed by atoms with Gasteiger partial charge >= 0.3 is 0 Å². The van der Waals surface area contributed by atoms with Crippen molar-refractivity contribution < 1.29 is 4.74 Å². The summed E-state index contributed by atoms with van der Waals surface area (Å²) in [5.74, 6) is 0. The Bertz CT molecular complexity index is 428. The van der Waals surface area contributed by atoms with Crippen molar-refractivity contribution >= 4 is 43.5 Å². The predicted molar refractivity (Wildman–Crippen MR) is 78.8 cm³/mol. The van der Waals surface area contributed by atoms with Gasteiger partial charge in [-0.3, -0.25) is 0 Å². The van der Waals surface area contributed by atoms with E-state index in [1.54, 1.807) is 0 Å². The van der Waals surface area contributed by atoms with Crippen LogP contribution < -0.4 is 0 Å². The first-order chi connectivity index (χ1) is 7.94. The molecule has 0 aliphatic carbocycles. The zero-order valence-corrected chi connectivity index (χ0v) is 13.8. The molecule has 2 atom stereocenters. The molecule has 2 unspecified atom stereocenters. The molecule has 1 aromatic rings. The van der Waals surface area contributed by atoms with Gasteiger partial charge in [-0.2, -0.15) is 0 Å². The van der Waals surface area contributed by atoms with Crippen LogP contribution in [-0.4, -0.2) is 12.2 Å². The van der Waals surface area contributed by atoms with E-state index in [1.165, 1.54) is 5.56 Å². The van der Waals surface area contributed by atoms with Crippen LogP contribution in [0.25, 0.3) is 0 Å². The van der Waals surface area contributed by atoms with E-state index in [9.17, 15) is 0 Å². The first-order valence-corrected chi connectivity index (χ1v) is 7.70. The fourth-order valence-electron chi connectivity index (χ4n) is 2.19. The van der Waals surface area contributed by atoms with Gasteiger partial charge in [0.15, 0.2) is 0 Å². The van der Waals surface area contributed by atoms with Crippen molar-refractivity contribution in [2.75, 3.05) is 6.61 Å². The van der Waals surface area contributed by atoms with Gasteiger partial charge in [-0.1, -0.05) is 31.9 Å². The Hall–Kier alpha value is 0.430. The molecule has 1 aliphatic rings. The van der Waals surface area contributed by atoms with Crippen LogP contribution in [0.4, 0.5) is 0 Å². The van der Waals surface area contributed by atoms with Crippen molar-refractivity contribution in [3.63, 3.8) is 0 Å². The number of benzene rings is 1. The summed E-state index contributed by atoms with van der Waals surface area (Å²) in [6.07, 6.45) is 2.10. The minimum atomic E-state index is -0.251. The number of halogens is 3. The molecule has 0 saturated carbocycles. The molecule has 0 amide bonds. The maximum atomic E-state index is 6.61. The lowest BCUT2D eigenvalue weighted by molar-refractivity contribution is 0.0163. The molecule has 2 rings (SSSR count). The molecule has 1 nitrogen and oxygen atoms in total. The molecule has 1 saturated heterocycles. The fraction of sp³-hybridized carbons (Fsp3) is 0.538. The molecule has 0 spiro atoms. The molecular formula is C13H15Br2ClO. The standard InChI is InChI=1S/C13H15Br2ClO/c1-8-6-11(15)9(7-10(8)14)12(16)13(2)4-3-5-17-13/h6-7,12H,3-5H2,1-2H3. The Morgan fingerprint density at radius 1 is 1.35 bits per heavy atom. The molecule has 0 N–H and O–H groups in total. The van der Waals surface area contributed by atoms with Crippen LogP contribution in [0.5, 0.6) is 0 Å². The molecule has 1 heterocycles. The molecule has 0 radical (unpaired) electrons. The van der Waals surface area contributed by atoms with Gasteiger partial charge in [-0.25, -0.2) is 0 Å². The molecule has 1 aliphatic heterocycles. The highest BCUT2D eigenvalue weighted by Gasteiger charge is 2.39. The van der Waals surface area contributed by atoms with E-state index in [0.29, 0.717) is 0 Å². The van der Waals surface area contributed by atoms with Crippen molar-refractivity contribution in [1.29, 1.82) is 0 Å². The van der Waals surface area contributed by atoms with Gasteiger partial charge in [-0.05, 0) is 49.9 Å². The van der Waals surface area contributed by atoms with E-state index < -0.39 is 0 Å². The zero-order chi connectivity index (χ0) is 12.6. The van der Waals surface area contributed by atoms with Crippen LogP contribution in [0.2, 0.25) is 0 Å². The number of hydrogen-bond donors (Lipinski definition) is 0. The molecule has 1 fully saturated rings. The predicted octanol–water partition coefficient (Wildman–Crippen LogP) is 5.37. The summed E-state index contributed by atoms with van der Waals surface area (Å²) in [6, 6.07) is 4.18. The minimum Gasteiger partial charge on any atom is -0.373 e. The van der Waals surface area contributed by atoms with E-state index >= 15 is 0 Å². The number of rotatable bonds is 2. The first kappa shape index (κ1) is 13.9. The Morgan fingerprint density at radius 3 is 2.65 bits per heavy atom. The van der Waals surface area contributed by atoms with Crippen LogP contribution in [0, 0.1) is 6.92 Å². The van der Waals surface area contributed by atoms with Gasteiger partial charge in [-0.15, -0.1) is 11.6 Å². The fourth-order valence-corrected chi connectivity index (χ4v) is 3.72. The number of ether oxygens (including phenoxy) is 1. The minimum absolute atomic E-state index is 0.128. The van der Waals surface area contributed by atoms with Gasteiger partial charge in [0.2, 0.25) is 0 Å². The smallest absolute Gasteiger partial charge is 0.0883 e. The van der Waals surface area contributed by atoms with Crippen LogP contribution in [-0.2, 0) is 4.74 Å². The van der Waals surface area contributed by atoms with E-state index in [2.05, 4.69) is 57.8 Å². The maximum absolute atomic E-state index is 6.61. The first-order valence-electron chi connectivity index (χ1n) is 5.67. The number of hydrogen-bond acceptors (Lipinski definition) is 1. The number of alkyl halides is 1. The molecule has 4 heteroatoms. The molecule has 0 aromatic heterocycles. The lowest BCUT2D eigenvalue weighted by Gasteiger charge is -2.30. The topological polar surface area (TPSA) is 9.23 Å². The van der Waals surface area contributed by atoms with Crippen LogP contribution in [0.1, 0.15) is 36.3 Å². The summed E-state index contributed by atoms with van der Waals surface area (Å²) in [5, 5.41) is -0.128. The summed E-state index contributed by atoms with van der Waals surface area (Å²) >= 11 is 13.8. The second-order valence-corrected chi connectivity index (χ2v) is 6.90. The largest absolute Gasteiger partial charge is 0.373 e. The van der Waals surface area contributed by atoms with E-state index in [4.69, 9.17) is 16.3 Å². The Kier molecular flexibility index (Phi) is 4.24. The van der Waals surface area contributed by atoms with E-state index in [-0.39, 0.29) is 11.0 Å². The van der Waals surface area contributed by atoms with Gasteiger partial charge in [0.05, 0.1) is 11.0 Å². The summed E-state index contributed by atoms with van der Waals surface area (Å²) in [6.45, 7) is 4.97. The third-order valence-electron chi connectivity index (χ3n) is 3.34. The Balaban J connectivity index is 2.36. The van der Waals surface area contributed by atoms with Gasteiger partial charge < -0.3 is 4.74 Å². The summed E-state index contributed by atoms with van der Waals surface area (Å²) in [4.78, 5) is 0. The molecule has 0 bridgehead atoms. The normalized spacial score (nSPS) is 26.2. The SMILES string of the molecule is Cc1cc(Br)c(C(Cl)C2(C)CCCO2)cc1Br. The lowest BCUT2D eigenvalue weighted by atomic mass is 9.92. The van der Waals surface area contributed by atoms with Crippen LogP contribution >= 0.6 is 43.5 Å². The van der Waals surface area contributed by atoms with Crippen LogP contribution in [0.15, 0.2) is 21.1 Å². The second-order valence-electron chi connectivity index (χ2n) is 4.75. The highest BCUT2D eigenvalue weighted by atomic mass is 79.9. The van der Waals surface area contributed by atoms with Crippen molar-refractivity contribution in [2.45, 2.75) is 37.7 Å². The average molecular weight is 383 g/mol. The summed E-state index contributed by atoms with van der Waals surface area (Å²) in [7, 11) is 0. The van der Waals surface area contributed by atoms with Crippen molar-refractivity contribution in [1.82, 2.24) is 0 Å². The Morgan fingerprint density at radius 2 is 2.06 bits per heavy atom. The third kappa shape index (κ3) is 2.73. The highest BCUT2D eigenvalue weighted by Crippen LogP contribution is 2.44. The monoisotopic (exact) mass is 380 g/mol. The highest BCUT2D eigenvalue weighted by molar-refractivity contribution is 9.11. The van der Waals surface area contributed by atoms with Crippen molar-refractivity contribution in [2.24, 2.45) is 0 Å². The zero-order valence-electron chi connectivity index (χ0n) is 9.90. The van der Waals surface area contributed by atoms with Gasteiger partial charge in [0, 0.05) is 15.6 Å². The Labute approximate surface area is 124 Å². The van der Waals surface area contributed by atoms with E-state index in [1.807, 2.05) is 0 Å². The summed E-state index contributed by atoms with van der Waals surface area (Å²) in [5.41, 5.74) is 2.04. The van der Waals surface area contributed by atoms with E-state index in [0.717, 1.165) is 34.0 Å². The second kappa shape index (κ2) is 5.20. The van der Waals surface area contributed by atoms with Gasteiger partial charge in [0.25, 0.3) is 0 Å². The maximum Gasteiger partial charge on any atom is 0.0883 e. The molecular weight excluding hydrogens is 367 g/mol. The van der Waals surface area contributed by atoms with Gasteiger partial charge in [0.1, 0.15) is 0 Å². The van der Waals surface area contributed by atoms with Crippen LogP contribution in [0.3, 0.4) is 0 Å². The molecule has 1 aromatic carbocycles. The van der Waals surface area contributed by atoms with Crippen molar-refractivity contribution in [3.05, 3.63) is 32.2 Å². The van der Waals surface area contributed by atoms with Crippen molar-refractivity contribution in [3.8, 4) is 0 Å². The third-order valence-corrected chi connectivity index (χ3v) is 5.57. The summed E-state index contributed by atoms with van der Waals surface area (Å²) < 4.78 is 7.95. The molecule has 94 valence electrons. The lowest BCUT2D eigenvalue weighted by Crippen LogP contribution is -2.29. The molecule has 17 heavy (non-hydrogen) atoms. The quantitative estimate of drug-likeness (QED) is 0.625.